The number of nitrogens with one attached hydrogen (secondary N) is 3. The van der Waals surface area contributed by atoms with Crippen LogP contribution in [-0.4, -0.2) is 58.9 Å². The van der Waals surface area contributed by atoms with E-state index in [0.717, 1.165) is 51.1 Å². The number of anilines is 2. The second-order valence-electron chi connectivity index (χ2n) is 7.21. The third-order valence-electron chi connectivity index (χ3n) is 5.18. The van der Waals surface area contributed by atoms with Gasteiger partial charge in [-0.1, -0.05) is 0 Å². The molecule has 1 atom stereocenters. The van der Waals surface area contributed by atoms with E-state index >= 15 is 0 Å². The first-order valence-corrected chi connectivity index (χ1v) is 9.77. The summed E-state index contributed by atoms with van der Waals surface area (Å²) in [5.74, 6) is 1.53. The van der Waals surface area contributed by atoms with Crippen molar-refractivity contribution in [3.8, 4) is 11.3 Å². The molecule has 4 heterocycles. The van der Waals surface area contributed by atoms with Crippen molar-refractivity contribution in [1.29, 1.82) is 0 Å². The Labute approximate surface area is 163 Å². The van der Waals surface area contributed by atoms with Crippen molar-refractivity contribution in [2.75, 3.05) is 43.5 Å². The smallest absolute Gasteiger partial charge is 0.231 e. The van der Waals surface area contributed by atoms with Crippen LogP contribution in [0, 0.1) is 11.8 Å². The third-order valence-corrected chi connectivity index (χ3v) is 5.18. The highest BCUT2D eigenvalue weighted by Gasteiger charge is 2.23. The van der Waals surface area contributed by atoms with Crippen LogP contribution in [0.4, 0.5) is 11.8 Å². The minimum Gasteiger partial charge on any atom is -0.381 e. The maximum atomic E-state index is 12.3. The summed E-state index contributed by atoms with van der Waals surface area (Å²) in [5, 5.41) is 17.6. The van der Waals surface area contributed by atoms with Gasteiger partial charge in [0.15, 0.2) is 0 Å². The normalized spacial score (nSPS) is 20.1. The highest BCUT2D eigenvalue weighted by Crippen LogP contribution is 2.21. The van der Waals surface area contributed by atoms with Crippen molar-refractivity contribution in [1.82, 2.24) is 25.5 Å². The van der Waals surface area contributed by atoms with Crippen molar-refractivity contribution in [3.63, 3.8) is 0 Å². The Morgan fingerprint density at radius 2 is 2.18 bits per heavy atom. The van der Waals surface area contributed by atoms with Crippen molar-refractivity contribution < 1.29 is 9.53 Å². The molecule has 2 aliphatic heterocycles. The highest BCUT2D eigenvalue weighted by molar-refractivity contribution is 5.91. The van der Waals surface area contributed by atoms with Crippen LogP contribution in [0.15, 0.2) is 24.5 Å². The van der Waals surface area contributed by atoms with Crippen LogP contribution in [0.1, 0.15) is 19.3 Å². The van der Waals surface area contributed by atoms with Crippen LogP contribution in [0.3, 0.4) is 0 Å². The molecule has 0 spiro atoms. The molecule has 0 aromatic carbocycles. The molecule has 4 rings (SSSR count). The predicted octanol–water partition coefficient (Wildman–Crippen LogP) is 1.32. The lowest BCUT2D eigenvalue weighted by Crippen LogP contribution is -2.25. The van der Waals surface area contributed by atoms with Crippen molar-refractivity contribution in [2.24, 2.45) is 11.8 Å². The van der Waals surface area contributed by atoms with E-state index in [9.17, 15) is 4.79 Å². The fourth-order valence-corrected chi connectivity index (χ4v) is 3.46. The molecule has 2 fully saturated rings. The van der Waals surface area contributed by atoms with Gasteiger partial charge in [-0.15, -0.1) is 5.10 Å². The average molecular weight is 383 g/mol. The Morgan fingerprint density at radius 1 is 1.29 bits per heavy atom. The van der Waals surface area contributed by atoms with Gasteiger partial charge in [0, 0.05) is 38.1 Å². The second kappa shape index (κ2) is 9.03. The molecule has 9 heteroatoms. The van der Waals surface area contributed by atoms with E-state index in [1.54, 1.807) is 18.5 Å². The summed E-state index contributed by atoms with van der Waals surface area (Å²) in [6.45, 7) is 4.06. The topological polar surface area (TPSA) is 114 Å². The molecule has 3 N–H and O–H groups in total. The lowest BCUT2D eigenvalue weighted by molar-refractivity contribution is -0.119. The first kappa shape index (κ1) is 18.7. The van der Waals surface area contributed by atoms with E-state index in [-0.39, 0.29) is 11.8 Å². The van der Waals surface area contributed by atoms with Crippen molar-refractivity contribution in [2.45, 2.75) is 19.3 Å². The zero-order valence-electron chi connectivity index (χ0n) is 15.7. The summed E-state index contributed by atoms with van der Waals surface area (Å²) in [5.41, 5.74) is 1.52. The Balaban J connectivity index is 1.41. The minimum atomic E-state index is -0.0474. The Kier molecular flexibility index (Phi) is 6.03. The van der Waals surface area contributed by atoms with E-state index in [1.165, 1.54) is 0 Å². The monoisotopic (exact) mass is 383 g/mol. The number of rotatable bonds is 6. The lowest BCUT2D eigenvalue weighted by Gasteiger charge is -2.22. The van der Waals surface area contributed by atoms with Crippen LogP contribution in [0.25, 0.3) is 11.3 Å². The van der Waals surface area contributed by atoms with Gasteiger partial charge in [-0.05, 0) is 43.9 Å². The van der Waals surface area contributed by atoms with E-state index < -0.39 is 0 Å². The second-order valence-corrected chi connectivity index (χ2v) is 7.21. The van der Waals surface area contributed by atoms with Gasteiger partial charge in [-0.3, -0.25) is 10.1 Å². The van der Waals surface area contributed by atoms with Crippen molar-refractivity contribution in [3.05, 3.63) is 24.5 Å². The molecule has 148 valence electrons. The molecule has 2 aliphatic rings. The zero-order valence-corrected chi connectivity index (χ0v) is 15.7. The maximum absolute atomic E-state index is 12.3. The average Bonchev–Trinajstić information content (AvgIpc) is 3.29. The standard InChI is InChI=1S/C19H25N7O2/c27-18(14-1-5-20-11-14)25-19-21-6-2-16(24-19)15-9-17(26-23-12-15)22-10-13-3-7-28-8-4-13/h2,6,9,12-14,20H,1,3-5,7-8,10-11H2,(H,22,26)(H,21,24,25,27)/t14-/m1/s1. The number of nitrogens with zero attached hydrogens (tertiary/aromatic N) is 4. The summed E-state index contributed by atoms with van der Waals surface area (Å²) in [6, 6.07) is 3.72. The Bertz CT molecular complexity index is 804. The largest absolute Gasteiger partial charge is 0.381 e. The van der Waals surface area contributed by atoms with Crippen molar-refractivity contribution >= 4 is 17.7 Å². The molecule has 0 aliphatic carbocycles. The molecule has 0 bridgehead atoms. The van der Waals surface area contributed by atoms with Crippen LogP contribution in [0.2, 0.25) is 0 Å². The van der Waals surface area contributed by atoms with Gasteiger partial charge in [-0.2, -0.15) is 5.10 Å². The molecule has 2 aromatic heterocycles. The van der Waals surface area contributed by atoms with Gasteiger partial charge in [0.25, 0.3) is 0 Å². The quantitative estimate of drug-likeness (QED) is 0.684. The summed E-state index contributed by atoms with van der Waals surface area (Å²) in [4.78, 5) is 20.9. The summed E-state index contributed by atoms with van der Waals surface area (Å²) >= 11 is 0. The number of hydrogen-bond donors (Lipinski definition) is 3. The van der Waals surface area contributed by atoms with Crippen LogP contribution >= 0.6 is 0 Å². The third kappa shape index (κ3) is 4.79. The summed E-state index contributed by atoms with van der Waals surface area (Å²) in [7, 11) is 0. The van der Waals surface area contributed by atoms with Crippen LogP contribution < -0.4 is 16.0 Å². The van der Waals surface area contributed by atoms with Crippen LogP contribution in [0.5, 0.6) is 0 Å². The summed E-state index contributed by atoms with van der Waals surface area (Å²) < 4.78 is 5.40. The molecule has 2 saturated heterocycles. The fraction of sp³-hybridized carbons (Fsp3) is 0.526. The molecule has 0 radical (unpaired) electrons. The van der Waals surface area contributed by atoms with Gasteiger partial charge in [0.2, 0.25) is 11.9 Å². The lowest BCUT2D eigenvalue weighted by atomic mass is 10.0. The van der Waals surface area contributed by atoms with E-state index in [2.05, 4.69) is 36.1 Å². The molecule has 0 saturated carbocycles. The Hall–Kier alpha value is -2.65. The minimum absolute atomic E-state index is 0.0316. The summed E-state index contributed by atoms with van der Waals surface area (Å²) in [6.07, 6.45) is 6.26. The molecule has 28 heavy (non-hydrogen) atoms. The number of amides is 1. The first-order valence-electron chi connectivity index (χ1n) is 9.77. The predicted molar refractivity (Wildman–Crippen MR) is 105 cm³/mol. The number of hydrogen-bond acceptors (Lipinski definition) is 8. The van der Waals surface area contributed by atoms with E-state index in [0.29, 0.717) is 29.9 Å². The van der Waals surface area contributed by atoms with Gasteiger partial charge in [0.1, 0.15) is 5.82 Å². The molecule has 9 nitrogen and oxygen atoms in total. The Morgan fingerprint density at radius 3 is 3.00 bits per heavy atom. The number of aromatic nitrogens is 4. The molecule has 1 amide bonds. The van der Waals surface area contributed by atoms with Gasteiger partial charge in [0.05, 0.1) is 17.8 Å². The molecule has 2 aromatic rings. The number of carbonyl (C=O) groups excluding carboxylic acids is 1. The molecular formula is C19H25N7O2. The van der Waals surface area contributed by atoms with E-state index in [4.69, 9.17) is 4.74 Å². The molecular weight excluding hydrogens is 358 g/mol. The molecule has 0 unspecified atom stereocenters. The highest BCUT2D eigenvalue weighted by atomic mass is 16.5. The van der Waals surface area contributed by atoms with Gasteiger partial charge in [-0.25, -0.2) is 9.97 Å². The zero-order chi connectivity index (χ0) is 19.2. The SMILES string of the molecule is O=C(Nc1nccc(-c2cnnc(NCC3CCOCC3)c2)n1)[C@@H]1CCNC1. The van der Waals surface area contributed by atoms with Gasteiger partial charge < -0.3 is 15.4 Å². The maximum Gasteiger partial charge on any atom is 0.231 e. The van der Waals surface area contributed by atoms with Crippen LogP contribution in [-0.2, 0) is 9.53 Å². The van der Waals surface area contributed by atoms with Gasteiger partial charge >= 0.3 is 0 Å². The fourth-order valence-electron chi connectivity index (χ4n) is 3.46. The number of carbonyl (C=O) groups is 1. The first-order chi connectivity index (χ1) is 13.8. The van der Waals surface area contributed by atoms with E-state index in [1.807, 2.05) is 6.07 Å². The number of ether oxygens (including phenoxy) is 1.